The summed E-state index contributed by atoms with van der Waals surface area (Å²) >= 11 is 1.54. The quantitative estimate of drug-likeness (QED) is 0.587. The Morgan fingerprint density at radius 2 is 2.14 bits per heavy atom. The van der Waals surface area contributed by atoms with Crippen LogP contribution < -0.4 is 0 Å². The van der Waals surface area contributed by atoms with E-state index < -0.39 is 5.97 Å². The summed E-state index contributed by atoms with van der Waals surface area (Å²) in [5, 5.41) is 10.8. The van der Waals surface area contributed by atoms with Gasteiger partial charge in [-0.1, -0.05) is 18.2 Å². The van der Waals surface area contributed by atoms with Crippen molar-refractivity contribution in [2.45, 2.75) is 17.7 Å². The molecular formula is C15H12N2O3S. The number of nitrogens with zero attached hydrogens (tertiary/aromatic N) is 2. The van der Waals surface area contributed by atoms with Crippen LogP contribution in [0.2, 0.25) is 0 Å². The lowest BCUT2D eigenvalue weighted by Gasteiger charge is -2.03. The van der Waals surface area contributed by atoms with E-state index in [9.17, 15) is 4.79 Å². The highest BCUT2D eigenvalue weighted by Gasteiger charge is 2.14. The van der Waals surface area contributed by atoms with Gasteiger partial charge >= 0.3 is 5.97 Å². The van der Waals surface area contributed by atoms with Crippen LogP contribution in [-0.4, -0.2) is 21.0 Å². The SMILES string of the molecule is Cc1oc(C(=O)O)cc1CSc1ncnc2ccccc12. The van der Waals surface area contributed by atoms with E-state index in [0.29, 0.717) is 11.5 Å². The van der Waals surface area contributed by atoms with Gasteiger partial charge in [0, 0.05) is 16.7 Å². The van der Waals surface area contributed by atoms with Gasteiger partial charge in [-0.05, 0) is 19.1 Å². The number of thioether (sulfide) groups is 1. The Balaban J connectivity index is 1.85. The van der Waals surface area contributed by atoms with Crippen LogP contribution in [0.5, 0.6) is 0 Å². The van der Waals surface area contributed by atoms with Gasteiger partial charge < -0.3 is 9.52 Å². The highest BCUT2D eigenvalue weighted by Crippen LogP contribution is 2.29. The van der Waals surface area contributed by atoms with Crippen molar-refractivity contribution >= 4 is 28.6 Å². The van der Waals surface area contributed by atoms with Crippen LogP contribution in [0.3, 0.4) is 0 Å². The van der Waals surface area contributed by atoms with Gasteiger partial charge in [0.25, 0.3) is 0 Å². The van der Waals surface area contributed by atoms with Crippen molar-refractivity contribution < 1.29 is 14.3 Å². The first-order chi connectivity index (χ1) is 10.1. The molecule has 2 heterocycles. The minimum Gasteiger partial charge on any atom is -0.475 e. The second kappa shape index (κ2) is 5.57. The summed E-state index contributed by atoms with van der Waals surface area (Å²) in [6.45, 7) is 1.76. The lowest BCUT2D eigenvalue weighted by molar-refractivity contribution is 0.0661. The third-order valence-electron chi connectivity index (χ3n) is 3.10. The smallest absolute Gasteiger partial charge is 0.371 e. The number of aryl methyl sites for hydroxylation is 1. The van der Waals surface area contributed by atoms with Crippen molar-refractivity contribution in [2.75, 3.05) is 0 Å². The number of fused-ring (bicyclic) bond motifs is 1. The molecular weight excluding hydrogens is 288 g/mol. The number of carboxylic acid groups (broad SMARTS) is 1. The molecule has 1 N–H and O–H groups in total. The van der Waals surface area contributed by atoms with Gasteiger partial charge in [0.2, 0.25) is 5.76 Å². The molecule has 0 saturated carbocycles. The first kappa shape index (κ1) is 13.6. The van der Waals surface area contributed by atoms with Crippen LogP contribution in [0, 0.1) is 6.92 Å². The third-order valence-corrected chi connectivity index (χ3v) is 4.16. The molecule has 0 bridgehead atoms. The number of hydrogen-bond acceptors (Lipinski definition) is 5. The van der Waals surface area contributed by atoms with E-state index in [2.05, 4.69) is 9.97 Å². The summed E-state index contributed by atoms with van der Waals surface area (Å²) in [5.41, 5.74) is 1.75. The highest BCUT2D eigenvalue weighted by molar-refractivity contribution is 7.98. The molecule has 0 aliphatic heterocycles. The van der Waals surface area contributed by atoms with Gasteiger partial charge in [-0.3, -0.25) is 0 Å². The van der Waals surface area contributed by atoms with Crippen molar-refractivity contribution in [1.29, 1.82) is 0 Å². The van der Waals surface area contributed by atoms with Gasteiger partial charge in [-0.2, -0.15) is 0 Å². The maximum absolute atomic E-state index is 10.9. The molecule has 0 radical (unpaired) electrons. The molecule has 0 aliphatic rings. The van der Waals surface area contributed by atoms with Crippen molar-refractivity contribution in [1.82, 2.24) is 9.97 Å². The molecule has 2 aromatic heterocycles. The number of carbonyl (C=O) groups is 1. The largest absolute Gasteiger partial charge is 0.475 e. The Hall–Kier alpha value is -2.34. The minimum absolute atomic E-state index is 0.0318. The van der Waals surface area contributed by atoms with Crippen LogP contribution in [0.15, 0.2) is 46.1 Å². The van der Waals surface area contributed by atoms with Crippen molar-refractivity contribution in [3.8, 4) is 0 Å². The second-order valence-electron chi connectivity index (χ2n) is 4.48. The van der Waals surface area contributed by atoms with E-state index in [0.717, 1.165) is 21.5 Å². The lowest BCUT2D eigenvalue weighted by Crippen LogP contribution is -1.91. The number of rotatable bonds is 4. The second-order valence-corrected chi connectivity index (χ2v) is 5.45. The Labute approximate surface area is 125 Å². The van der Waals surface area contributed by atoms with Crippen LogP contribution in [0.4, 0.5) is 0 Å². The van der Waals surface area contributed by atoms with Crippen LogP contribution >= 0.6 is 11.8 Å². The standard InChI is InChI=1S/C15H12N2O3S/c1-9-10(6-13(20-9)15(18)19)7-21-14-11-4-2-3-5-12(11)16-8-17-14/h2-6,8H,7H2,1H3,(H,18,19). The Morgan fingerprint density at radius 3 is 2.90 bits per heavy atom. The first-order valence-corrected chi connectivity index (χ1v) is 7.29. The summed E-state index contributed by atoms with van der Waals surface area (Å²) in [6, 6.07) is 9.36. The van der Waals surface area contributed by atoms with Crippen LogP contribution in [0.1, 0.15) is 21.9 Å². The molecule has 0 atom stereocenters. The maximum atomic E-state index is 10.9. The molecule has 0 fully saturated rings. The van der Waals surface area contributed by atoms with Crippen LogP contribution in [-0.2, 0) is 5.75 Å². The lowest BCUT2D eigenvalue weighted by atomic mass is 10.2. The number of furan rings is 1. The third kappa shape index (κ3) is 2.75. The van der Waals surface area contributed by atoms with E-state index in [4.69, 9.17) is 9.52 Å². The van der Waals surface area contributed by atoms with Gasteiger partial charge in [0.15, 0.2) is 0 Å². The first-order valence-electron chi connectivity index (χ1n) is 6.30. The Bertz CT molecular complexity index is 808. The topological polar surface area (TPSA) is 76.2 Å². The van der Waals surface area contributed by atoms with Gasteiger partial charge in [-0.25, -0.2) is 14.8 Å². The number of aromatic nitrogens is 2. The van der Waals surface area contributed by atoms with E-state index in [1.807, 2.05) is 24.3 Å². The molecule has 106 valence electrons. The average Bonchev–Trinajstić information content (AvgIpc) is 2.86. The van der Waals surface area contributed by atoms with E-state index >= 15 is 0 Å². The molecule has 1 aromatic carbocycles. The molecule has 6 heteroatoms. The van der Waals surface area contributed by atoms with E-state index in [1.54, 1.807) is 13.0 Å². The normalized spacial score (nSPS) is 10.9. The molecule has 0 aliphatic carbocycles. The zero-order valence-corrected chi connectivity index (χ0v) is 12.1. The molecule has 0 amide bonds. The molecule has 0 unspecified atom stereocenters. The Morgan fingerprint density at radius 1 is 1.33 bits per heavy atom. The van der Waals surface area contributed by atoms with Crippen molar-refractivity contribution in [3.05, 3.63) is 53.7 Å². The number of aromatic carboxylic acids is 1. The monoisotopic (exact) mass is 300 g/mol. The highest BCUT2D eigenvalue weighted by atomic mass is 32.2. The van der Waals surface area contributed by atoms with E-state index in [1.165, 1.54) is 18.1 Å². The fraction of sp³-hybridized carbons (Fsp3) is 0.133. The fourth-order valence-electron chi connectivity index (χ4n) is 2.01. The van der Waals surface area contributed by atoms with Gasteiger partial charge in [-0.15, -0.1) is 11.8 Å². The number of para-hydroxylation sites is 1. The summed E-state index contributed by atoms with van der Waals surface area (Å²) < 4.78 is 5.21. The summed E-state index contributed by atoms with van der Waals surface area (Å²) in [6.07, 6.45) is 1.54. The van der Waals surface area contributed by atoms with Gasteiger partial charge in [0.05, 0.1) is 5.52 Å². The molecule has 3 rings (SSSR count). The predicted octanol–water partition coefficient (Wildman–Crippen LogP) is 3.52. The maximum Gasteiger partial charge on any atom is 0.371 e. The zero-order chi connectivity index (χ0) is 14.8. The van der Waals surface area contributed by atoms with E-state index in [-0.39, 0.29) is 5.76 Å². The molecule has 3 aromatic rings. The summed E-state index contributed by atoms with van der Waals surface area (Å²) in [5.74, 6) is 0.139. The number of carboxylic acids is 1. The average molecular weight is 300 g/mol. The number of hydrogen-bond donors (Lipinski definition) is 1. The molecule has 5 nitrogen and oxygen atoms in total. The summed E-state index contributed by atoms with van der Waals surface area (Å²) in [4.78, 5) is 19.4. The van der Waals surface area contributed by atoms with Crippen molar-refractivity contribution in [2.24, 2.45) is 0 Å². The molecule has 0 spiro atoms. The van der Waals surface area contributed by atoms with Crippen LogP contribution in [0.25, 0.3) is 10.9 Å². The van der Waals surface area contributed by atoms with Crippen molar-refractivity contribution in [3.63, 3.8) is 0 Å². The molecule has 21 heavy (non-hydrogen) atoms. The number of benzene rings is 1. The minimum atomic E-state index is -1.05. The molecule has 0 saturated heterocycles. The zero-order valence-electron chi connectivity index (χ0n) is 11.2. The van der Waals surface area contributed by atoms with Gasteiger partial charge in [0.1, 0.15) is 17.1 Å². The fourth-order valence-corrected chi connectivity index (χ4v) is 3.04. The Kier molecular flexibility index (Phi) is 3.62. The summed E-state index contributed by atoms with van der Waals surface area (Å²) in [7, 11) is 0. The predicted molar refractivity (Wildman–Crippen MR) is 79.5 cm³/mol.